The van der Waals surface area contributed by atoms with Gasteiger partial charge in [0.2, 0.25) is 0 Å². The molecular formula is C27H30F6N4. The number of anilines is 4. The van der Waals surface area contributed by atoms with Crippen molar-refractivity contribution < 1.29 is 26.3 Å². The monoisotopic (exact) mass is 524 g/mol. The standard InChI is InChI=1S/C27H30F6N4/c1-5-34-20-14-12-18(26(28,29)30)16-22(20)36(7-3)24(34)10-9-11-25-35(6-2)21-15-13-19(27(31,32)33)17-23(21)37(25)8-4/h9-17,24H,5-8H2,1-4H3. The third-order valence-corrected chi connectivity index (χ3v) is 6.84. The highest BCUT2D eigenvalue weighted by Gasteiger charge is 2.38. The lowest BCUT2D eigenvalue weighted by Crippen LogP contribution is -2.41. The molecule has 1 unspecified atom stereocenters. The highest BCUT2D eigenvalue weighted by atomic mass is 19.4. The molecule has 200 valence electrons. The Kier molecular flexibility index (Phi) is 7.14. The maximum Gasteiger partial charge on any atom is 0.416 e. The van der Waals surface area contributed by atoms with E-state index in [0.717, 1.165) is 23.6 Å². The minimum absolute atomic E-state index is 0.295. The summed E-state index contributed by atoms with van der Waals surface area (Å²) in [5.74, 6) is 0.747. The summed E-state index contributed by atoms with van der Waals surface area (Å²) in [6, 6.07) is 7.58. The van der Waals surface area contributed by atoms with Gasteiger partial charge >= 0.3 is 12.4 Å². The van der Waals surface area contributed by atoms with Gasteiger partial charge in [0, 0.05) is 26.2 Å². The molecular weight excluding hydrogens is 494 g/mol. The number of rotatable bonds is 6. The fraction of sp³-hybridized carbons (Fsp3) is 0.407. The molecule has 4 rings (SSSR count). The van der Waals surface area contributed by atoms with Gasteiger partial charge in [0.15, 0.2) is 0 Å². The Morgan fingerprint density at radius 1 is 0.649 bits per heavy atom. The molecule has 0 saturated heterocycles. The van der Waals surface area contributed by atoms with E-state index in [2.05, 4.69) is 0 Å². The zero-order valence-electron chi connectivity index (χ0n) is 21.2. The first-order valence-corrected chi connectivity index (χ1v) is 12.4. The summed E-state index contributed by atoms with van der Waals surface area (Å²) in [5, 5.41) is 0. The van der Waals surface area contributed by atoms with Crippen molar-refractivity contribution in [2.75, 3.05) is 45.8 Å². The molecule has 0 spiro atoms. The lowest BCUT2D eigenvalue weighted by molar-refractivity contribution is -0.138. The Balaban J connectivity index is 1.68. The predicted octanol–water partition coefficient (Wildman–Crippen LogP) is 7.48. The zero-order chi connectivity index (χ0) is 27.1. The molecule has 0 amide bonds. The van der Waals surface area contributed by atoms with Crippen molar-refractivity contribution in [2.24, 2.45) is 0 Å². The lowest BCUT2D eigenvalue weighted by atomic mass is 10.1. The minimum atomic E-state index is -4.44. The lowest BCUT2D eigenvalue weighted by Gasteiger charge is -2.29. The van der Waals surface area contributed by atoms with Crippen LogP contribution in [0.15, 0.2) is 60.4 Å². The van der Waals surface area contributed by atoms with Crippen molar-refractivity contribution in [1.29, 1.82) is 0 Å². The first-order chi connectivity index (χ1) is 17.5. The van der Waals surface area contributed by atoms with E-state index in [9.17, 15) is 26.3 Å². The van der Waals surface area contributed by atoms with Crippen LogP contribution >= 0.6 is 0 Å². The smallest absolute Gasteiger partial charge is 0.346 e. The van der Waals surface area contributed by atoms with Gasteiger partial charge in [-0.05, 0) is 76.2 Å². The van der Waals surface area contributed by atoms with Gasteiger partial charge in [0.1, 0.15) is 12.0 Å². The highest BCUT2D eigenvalue weighted by molar-refractivity contribution is 5.83. The molecule has 2 heterocycles. The van der Waals surface area contributed by atoms with Crippen molar-refractivity contribution in [3.63, 3.8) is 0 Å². The molecule has 0 radical (unpaired) electrons. The van der Waals surface area contributed by atoms with Gasteiger partial charge < -0.3 is 19.6 Å². The van der Waals surface area contributed by atoms with Crippen LogP contribution in [0, 0.1) is 0 Å². The van der Waals surface area contributed by atoms with Gasteiger partial charge in [-0.2, -0.15) is 26.3 Å². The van der Waals surface area contributed by atoms with Crippen LogP contribution in [0.1, 0.15) is 38.8 Å². The number of hydrogen-bond acceptors (Lipinski definition) is 4. The molecule has 0 aromatic heterocycles. The van der Waals surface area contributed by atoms with E-state index in [4.69, 9.17) is 0 Å². The predicted molar refractivity (Wildman–Crippen MR) is 136 cm³/mol. The second kappa shape index (κ2) is 9.87. The largest absolute Gasteiger partial charge is 0.416 e. The van der Waals surface area contributed by atoms with Gasteiger partial charge in [-0.1, -0.05) is 6.08 Å². The molecule has 2 aliphatic rings. The molecule has 0 fully saturated rings. The first kappa shape index (κ1) is 26.8. The topological polar surface area (TPSA) is 13.0 Å². The molecule has 10 heteroatoms. The molecule has 37 heavy (non-hydrogen) atoms. The number of fused-ring (bicyclic) bond motifs is 2. The second-order valence-electron chi connectivity index (χ2n) is 8.79. The third-order valence-electron chi connectivity index (χ3n) is 6.84. The molecule has 0 saturated carbocycles. The molecule has 2 aromatic rings. The van der Waals surface area contributed by atoms with Crippen molar-refractivity contribution in [1.82, 2.24) is 0 Å². The van der Waals surface area contributed by atoms with Crippen LogP contribution in [-0.2, 0) is 12.4 Å². The fourth-order valence-electron chi connectivity index (χ4n) is 5.17. The molecule has 0 bridgehead atoms. The summed E-state index contributed by atoms with van der Waals surface area (Å²) in [6.45, 7) is 9.79. The van der Waals surface area contributed by atoms with Gasteiger partial charge in [0.05, 0.1) is 33.9 Å². The van der Waals surface area contributed by atoms with Crippen LogP contribution < -0.4 is 19.6 Å². The van der Waals surface area contributed by atoms with Crippen molar-refractivity contribution in [2.45, 2.75) is 46.2 Å². The van der Waals surface area contributed by atoms with E-state index >= 15 is 0 Å². The molecule has 0 aliphatic carbocycles. The van der Waals surface area contributed by atoms with Gasteiger partial charge in [0.25, 0.3) is 0 Å². The van der Waals surface area contributed by atoms with E-state index in [-0.39, 0.29) is 6.17 Å². The second-order valence-corrected chi connectivity index (χ2v) is 8.79. The van der Waals surface area contributed by atoms with Crippen LogP contribution in [0.2, 0.25) is 0 Å². The van der Waals surface area contributed by atoms with E-state index in [1.807, 2.05) is 65.5 Å². The average molecular weight is 525 g/mol. The number of halogens is 6. The summed E-state index contributed by atoms with van der Waals surface area (Å²) in [5.41, 5.74) is 1.08. The van der Waals surface area contributed by atoms with Crippen molar-refractivity contribution >= 4 is 22.7 Å². The zero-order valence-corrected chi connectivity index (χ0v) is 21.2. The van der Waals surface area contributed by atoms with Crippen LogP contribution in [0.25, 0.3) is 0 Å². The number of hydrogen-bond donors (Lipinski definition) is 0. The van der Waals surface area contributed by atoms with E-state index < -0.39 is 23.5 Å². The highest BCUT2D eigenvalue weighted by Crippen LogP contribution is 2.45. The van der Waals surface area contributed by atoms with Gasteiger partial charge in [-0.25, -0.2) is 0 Å². The maximum atomic E-state index is 13.4. The van der Waals surface area contributed by atoms with Crippen LogP contribution in [0.4, 0.5) is 49.1 Å². The number of likely N-dealkylation sites (N-methyl/N-ethyl adjacent to an activating group) is 2. The Morgan fingerprint density at radius 2 is 1.14 bits per heavy atom. The summed E-state index contributed by atoms with van der Waals surface area (Å²) < 4.78 is 80.1. The Morgan fingerprint density at radius 3 is 1.65 bits per heavy atom. The maximum absolute atomic E-state index is 13.4. The first-order valence-electron chi connectivity index (χ1n) is 12.4. The number of alkyl halides is 6. The van der Waals surface area contributed by atoms with E-state index in [0.29, 0.717) is 43.2 Å². The van der Waals surface area contributed by atoms with Crippen molar-refractivity contribution in [3.05, 3.63) is 71.6 Å². The van der Waals surface area contributed by atoms with Gasteiger partial charge in [-0.3, -0.25) is 0 Å². The average Bonchev–Trinajstić information content (AvgIpc) is 3.32. The van der Waals surface area contributed by atoms with Crippen LogP contribution in [0.5, 0.6) is 0 Å². The summed E-state index contributed by atoms with van der Waals surface area (Å²) in [7, 11) is 0. The van der Waals surface area contributed by atoms with E-state index in [1.165, 1.54) is 24.3 Å². The number of nitrogens with zero attached hydrogens (tertiary/aromatic N) is 4. The summed E-state index contributed by atoms with van der Waals surface area (Å²) in [4.78, 5) is 7.74. The molecule has 2 aliphatic heterocycles. The number of benzene rings is 2. The molecule has 0 N–H and O–H groups in total. The van der Waals surface area contributed by atoms with E-state index in [1.54, 1.807) is 0 Å². The molecule has 4 nitrogen and oxygen atoms in total. The quantitative estimate of drug-likeness (QED) is 0.363. The number of allylic oxidation sites excluding steroid dienone is 2. The molecule has 1 atom stereocenters. The van der Waals surface area contributed by atoms with Crippen LogP contribution in [0.3, 0.4) is 0 Å². The fourth-order valence-corrected chi connectivity index (χ4v) is 5.17. The third kappa shape index (κ3) is 4.73. The Labute approximate surface area is 213 Å². The summed E-state index contributed by atoms with van der Waals surface area (Å²) in [6.07, 6.45) is -3.56. The Bertz CT molecular complexity index is 1200. The SMILES string of the molecule is CCN1C(=CC=CC2N(CC)c3ccc(C(F)(F)F)cc3N2CC)N(CC)c2cc(C(F)(F)F)ccc21. The normalized spacial score (nSPS) is 19.0. The minimum Gasteiger partial charge on any atom is -0.346 e. The van der Waals surface area contributed by atoms with Crippen LogP contribution in [-0.4, -0.2) is 32.3 Å². The van der Waals surface area contributed by atoms with Crippen molar-refractivity contribution in [3.8, 4) is 0 Å². The molecule has 2 aromatic carbocycles. The Hall–Kier alpha value is -3.30. The van der Waals surface area contributed by atoms with Gasteiger partial charge in [-0.15, -0.1) is 0 Å². The summed E-state index contributed by atoms with van der Waals surface area (Å²) >= 11 is 0.